The van der Waals surface area contributed by atoms with E-state index in [1.165, 1.54) is 17.4 Å². The summed E-state index contributed by atoms with van der Waals surface area (Å²) in [7, 11) is 0. The van der Waals surface area contributed by atoms with E-state index in [1.807, 2.05) is 25.1 Å². The van der Waals surface area contributed by atoms with Gasteiger partial charge in [0.2, 0.25) is 0 Å². The van der Waals surface area contributed by atoms with E-state index in [-0.39, 0.29) is 17.1 Å². The lowest BCUT2D eigenvalue weighted by Gasteiger charge is -2.29. The zero-order valence-corrected chi connectivity index (χ0v) is 19.7. The Balaban J connectivity index is 1.50. The van der Waals surface area contributed by atoms with Gasteiger partial charge in [-0.05, 0) is 37.3 Å². The van der Waals surface area contributed by atoms with Gasteiger partial charge in [-0.3, -0.25) is 19.4 Å². The van der Waals surface area contributed by atoms with Gasteiger partial charge in [0.05, 0.1) is 35.4 Å². The van der Waals surface area contributed by atoms with Crippen LogP contribution in [-0.2, 0) is 4.74 Å². The van der Waals surface area contributed by atoms with E-state index in [2.05, 4.69) is 4.90 Å². The number of aromatic nitrogens is 1. The highest BCUT2D eigenvalue weighted by atomic mass is 32.1. The molecule has 1 aliphatic rings. The number of anilines is 1. The largest absolute Gasteiger partial charge is 0.494 e. The summed E-state index contributed by atoms with van der Waals surface area (Å²) in [6.07, 6.45) is 0. The maximum atomic E-state index is 13.7. The predicted molar refractivity (Wildman–Crippen MR) is 132 cm³/mol. The molecule has 0 radical (unpaired) electrons. The first kappa shape index (κ1) is 22.5. The van der Waals surface area contributed by atoms with E-state index in [0.29, 0.717) is 49.0 Å². The zero-order valence-electron chi connectivity index (χ0n) is 18.9. The highest BCUT2D eigenvalue weighted by molar-refractivity contribution is 7.22. The van der Waals surface area contributed by atoms with Crippen LogP contribution in [0.4, 0.5) is 5.13 Å². The van der Waals surface area contributed by atoms with Gasteiger partial charge in [0.1, 0.15) is 11.3 Å². The second kappa shape index (κ2) is 9.92. The third-order valence-corrected chi connectivity index (χ3v) is 6.77. The number of para-hydroxylation sites is 1. The summed E-state index contributed by atoms with van der Waals surface area (Å²) in [5.74, 6) is 0.372. The van der Waals surface area contributed by atoms with E-state index in [0.717, 1.165) is 29.1 Å². The number of carbonyl (C=O) groups excluding carboxylic acids is 1. The molecule has 34 heavy (non-hydrogen) atoms. The van der Waals surface area contributed by atoms with Crippen molar-refractivity contribution in [1.82, 2.24) is 9.88 Å². The van der Waals surface area contributed by atoms with Crippen LogP contribution in [-0.4, -0.2) is 61.8 Å². The Hall–Kier alpha value is -3.27. The first-order valence-electron chi connectivity index (χ1n) is 11.3. The number of morpholine rings is 1. The summed E-state index contributed by atoms with van der Waals surface area (Å²) in [6.45, 7) is 6.55. The highest BCUT2D eigenvalue weighted by Gasteiger charge is 2.25. The Labute approximate surface area is 200 Å². The lowest BCUT2D eigenvalue weighted by atomic mass is 10.2. The fourth-order valence-corrected chi connectivity index (χ4v) is 4.98. The van der Waals surface area contributed by atoms with Crippen LogP contribution in [0.15, 0.2) is 57.7 Å². The summed E-state index contributed by atoms with van der Waals surface area (Å²) in [4.78, 5) is 34.9. The molecule has 3 heterocycles. The normalized spacial score (nSPS) is 14.5. The van der Waals surface area contributed by atoms with Crippen LogP contribution >= 0.6 is 11.3 Å². The van der Waals surface area contributed by atoms with Gasteiger partial charge in [-0.25, -0.2) is 4.98 Å². The van der Waals surface area contributed by atoms with Crippen molar-refractivity contribution in [2.75, 3.05) is 50.9 Å². The lowest BCUT2D eigenvalue weighted by molar-refractivity contribution is 0.0390. The van der Waals surface area contributed by atoms with E-state index < -0.39 is 0 Å². The molecule has 4 aromatic rings. The fraction of sp³-hybridized carbons (Fsp3) is 0.320. The summed E-state index contributed by atoms with van der Waals surface area (Å²) in [5, 5.41) is 1.00. The number of hydrogen-bond donors (Lipinski definition) is 0. The molecule has 176 valence electrons. The van der Waals surface area contributed by atoms with Gasteiger partial charge in [-0.2, -0.15) is 0 Å². The standard InChI is InChI=1S/C25H25N3O5S/c1-2-32-17-7-8-19-23(15-17)34-25(26-19)28(10-9-27-11-13-31-14-12-27)24(30)22-16-20(29)18-5-3-4-6-21(18)33-22/h3-8,15-16H,2,9-14H2,1H3. The number of ether oxygens (including phenoxy) is 2. The van der Waals surface area contributed by atoms with Gasteiger partial charge < -0.3 is 13.9 Å². The Morgan fingerprint density at radius 3 is 2.82 bits per heavy atom. The molecule has 0 aliphatic carbocycles. The molecule has 1 fully saturated rings. The Kier molecular flexibility index (Phi) is 6.57. The van der Waals surface area contributed by atoms with Crippen molar-refractivity contribution in [2.45, 2.75) is 6.92 Å². The second-order valence-corrected chi connectivity index (χ2v) is 8.95. The molecule has 0 unspecified atom stereocenters. The molecule has 2 aromatic heterocycles. The van der Waals surface area contributed by atoms with Crippen molar-refractivity contribution in [3.05, 3.63) is 64.5 Å². The number of benzene rings is 2. The zero-order chi connectivity index (χ0) is 23.5. The smallest absolute Gasteiger partial charge is 0.295 e. The summed E-state index contributed by atoms with van der Waals surface area (Å²) in [6, 6.07) is 13.9. The average molecular weight is 480 g/mol. The third-order valence-electron chi connectivity index (χ3n) is 5.72. The number of rotatable bonds is 7. The Bertz CT molecular complexity index is 1380. The Morgan fingerprint density at radius 1 is 1.18 bits per heavy atom. The van der Waals surface area contributed by atoms with Crippen LogP contribution in [0.1, 0.15) is 17.5 Å². The van der Waals surface area contributed by atoms with Crippen molar-refractivity contribution < 1.29 is 18.7 Å². The van der Waals surface area contributed by atoms with Gasteiger partial charge >= 0.3 is 0 Å². The number of fused-ring (bicyclic) bond motifs is 2. The van der Waals surface area contributed by atoms with Gasteiger partial charge in [0, 0.05) is 32.2 Å². The van der Waals surface area contributed by atoms with Gasteiger partial charge in [-0.15, -0.1) is 0 Å². The molecule has 0 saturated carbocycles. The van der Waals surface area contributed by atoms with E-state index >= 15 is 0 Å². The van der Waals surface area contributed by atoms with Gasteiger partial charge in [0.15, 0.2) is 16.3 Å². The average Bonchev–Trinajstić information content (AvgIpc) is 3.28. The molecule has 8 nitrogen and oxygen atoms in total. The fourth-order valence-electron chi connectivity index (χ4n) is 3.96. The van der Waals surface area contributed by atoms with Crippen molar-refractivity contribution in [3.8, 4) is 5.75 Å². The van der Waals surface area contributed by atoms with E-state index in [1.54, 1.807) is 29.2 Å². The molecular weight excluding hydrogens is 454 g/mol. The van der Waals surface area contributed by atoms with Gasteiger partial charge in [-0.1, -0.05) is 23.5 Å². The molecule has 0 N–H and O–H groups in total. The number of amides is 1. The number of thiazole rings is 1. The maximum Gasteiger partial charge on any atom is 0.295 e. The first-order chi connectivity index (χ1) is 16.6. The topological polar surface area (TPSA) is 85.1 Å². The minimum atomic E-state index is -0.389. The minimum absolute atomic E-state index is 0.0000565. The minimum Gasteiger partial charge on any atom is -0.494 e. The SMILES string of the molecule is CCOc1ccc2nc(N(CCN3CCOCC3)C(=O)c3cc(=O)c4ccccc4o3)sc2c1. The number of hydrogen-bond acceptors (Lipinski definition) is 8. The van der Waals surface area contributed by atoms with Crippen LogP contribution in [0.2, 0.25) is 0 Å². The predicted octanol–water partition coefficient (Wildman–Crippen LogP) is 3.78. The lowest BCUT2D eigenvalue weighted by Crippen LogP contribution is -2.43. The van der Waals surface area contributed by atoms with E-state index in [4.69, 9.17) is 18.9 Å². The molecule has 0 spiro atoms. The number of carbonyl (C=O) groups is 1. The van der Waals surface area contributed by atoms with Crippen molar-refractivity contribution in [1.29, 1.82) is 0 Å². The monoisotopic (exact) mass is 479 g/mol. The molecular formula is C25H25N3O5S. The maximum absolute atomic E-state index is 13.7. The second-order valence-electron chi connectivity index (χ2n) is 7.94. The van der Waals surface area contributed by atoms with Crippen LogP contribution in [0, 0.1) is 0 Å². The summed E-state index contributed by atoms with van der Waals surface area (Å²) >= 11 is 1.41. The van der Waals surface area contributed by atoms with Crippen LogP contribution in [0.5, 0.6) is 5.75 Å². The van der Waals surface area contributed by atoms with Crippen molar-refractivity contribution in [3.63, 3.8) is 0 Å². The molecule has 9 heteroatoms. The molecule has 0 atom stereocenters. The molecule has 1 saturated heterocycles. The molecule has 1 aliphatic heterocycles. The van der Waals surface area contributed by atoms with Gasteiger partial charge in [0.25, 0.3) is 5.91 Å². The van der Waals surface area contributed by atoms with E-state index in [9.17, 15) is 9.59 Å². The molecule has 1 amide bonds. The third kappa shape index (κ3) is 4.68. The first-order valence-corrected chi connectivity index (χ1v) is 12.1. The quantitative estimate of drug-likeness (QED) is 0.399. The highest BCUT2D eigenvalue weighted by Crippen LogP contribution is 2.32. The summed E-state index contributed by atoms with van der Waals surface area (Å²) in [5.41, 5.74) is 0.925. The molecule has 0 bridgehead atoms. The number of nitrogens with zero attached hydrogens (tertiary/aromatic N) is 3. The molecule has 5 rings (SSSR count). The Morgan fingerprint density at radius 2 is 2.00 bits per heavy atom. The van der Waals surface area contributed by atoms with Crippen molar-refractivity contribution >= 4 is 43.6 Å². The van der Waals surface area contributed by atoms with Crippen LogP contribution in [0.25, 0.3) is 21.2 Å². The van der Waals surface area contributed by atoms with Crippen LogP contribution in [0.3, 0.4) is 0 Å². The summed E-state index contributed by atoms with van der Waals surface area (Å²) < 4.78 is 17.8. The van der Waals surface area contributed by atoms with Crippen LogP contribution < -0.4 is 15.1 Å². The molecule has 2 aromatic carbocycles. The van der Waals surface area contributed by atoms with Crippen molar-refractivity contribution in [2.24, 2.45) is 0 Å².